The minimum Gasteiger partial charge on any atom is -0.292 e. The van der Waals surface area contributed by atoms with Crippen molar-refractivity contribution in [2.45, 2.75) is 18.7 Å². The lowest BCUT2D eigenvalue weighted by molar-refractivity contribution is 0.0892. The average Bonchev–Trinajstić information content (AvgIpc) is 2.28. The van der Waals surface area contributed by atoms with Gasteiger partial charge in [-0.3, -0.25) is 4.79 Å². The molecule has 15 heavy (non-hydrogen) atoms. The first-order chi connectivity index (χ1) is 7.01. The summed E-state index contributed by atoms with van der Waals surface area (Å²) in [6, 6.07) is 9.34. The molecule has 1 rings (SSSR count). The molecular formula is C12H13NOS. The largest absolute Gasteiger partial charge is 0.292 e. The Morgan fingerprint density at radius 3 is 2.27 bits per heavy atom. The van der Waals surface area contributed by atoms with Gasteiger partial charge in [0, 0.05) is 10.5 Å². The average molecular weight is 219 g/mol. The van der Waals surface area contributed by atoms with Gasteiger partial charge in [0.1, 0.15) is 5.41 Å². The number of Topliss-reactive ketones (excluding diaryl/α,β-unsaturated/α-hetero) is 1. The molecule has 0 fully saturated rings. The summed E-state index contributed by atoms with van der Waals surface area (Å²) >= 11 is 1.63. The second kappa shape index (κ2) is 4.50. The van der Waals surface area contributed by atoms with Crippen molar-refractivity contribution < 1.29 is 4.79 Å². The van der Waals surface area contributed by atoms with E-state index in [-0.39, 0.29) is 5.78 Å². The highest BCUT2D eigenvalue weighted by atomic mass is 32.2. The summed E-state index contributed by atoms with van der Waals surface area (Å²) in [5.41, 5.74) is -0.347. The third-order valence-electron chi connectivity index (χ3n) is 2.20. The number of carbonyl (C=O) groups is 1. The van der Waals surface area contributed by atoms with Crippen LogP contribution >= 0.6 is 11.8 Å². The van der Waals surface area contributed by atoms with Crippen molar-refractivity contribution in [2.24, 2.45) is 5.41 Å². The third-order valence-corrected chi connectivity index (χ3v) is 2.94. The van der Waals surface area contributed by atoms with Gasteiger partial charge in [0.15, 0.2) is 5.78 Å². The van der Waals surface area contributed by atoms with Crippen molar-refractivity contribution in [2.75, 3.05) is 6.26 Å². The molecule has 1 aromatic carbocycles. The second-order valence-corrected chi connectivity index (χ2v) is 4.67. The van der Waals surface area contributed by atoms with Crippen LogP contribution in [0, 0.1) is 16.7 Å². The van der Waals surface area contributed by atoms with E-state index in [9.17, 15) is 4.79 Å². The van der Waals surface area contributed by atoms with E-state index < -0.39 is 5.41 Å². The molecule has 3 heteroatoms. The van der Waals surface area contributed by atoms with Crippen molar-refractivity contribution in [3.05, 3.63) is 29.8 Å². The summed E-state index contributed by atoms with van der Waals surface area (Å²) in [4.78, 5) is 13.0. The molecule has 0 amide bonds. The minimum absolute atomic E-state index is 0.127. The van der Waals surface area contributed by atoms with Gasteiger partial charge >= 0.3 is 0 Å². The molecule has 0 heterocycles. The number of rotatable bonds is 3. The van der Waals surface area contributed by atoms with E-state index in [1.165, 1.54) is 0 Å². The molecule has 0 spiro atoms. The summed E-state index contributed by atoms with van der Waals surface area (Å²) in [7, 11) is 0. The molecule has 0 unspecified atom stereocenters. The number of hydrogen-bond acceptors (Lipinski definition) is 3. The quantitative estimate of drug-likeness (QED) is 0.579. The van der Waals surface area contributed by atoms with E-state index in [1.807, 2.05) is 24.5 Å². The van der Waals surface area contributed by atoms with Crippen LogP contribution in [0.5, 0.6) is 0 Å². The number of nitriles is 1. The fraction of sp³-hybridized carbons (Fsp3) is 0.333. The highest BCUT2D eigenvalue weighted by Gasteiger charge is 2.28. The van der Waals surface area contributed by atoms with Gasteiger partial charge in [-0.2, -0.15) is 5.26 Å². The van der Waals surface area contributed by atoms with E-state index in [0.29, 0.717) is 5.56 Å². The summed E-state index contributed by atoms with van der Waals surface area (Å²) in [5, 5.41) is 8.85. The Bertz CT molecular complexity index is 401. The summed E-state index contributed by atoms with van der Waals surface area (Å²) in [6.07, 6.45) is 1.98. The van der Waals surface area contributed by atoms with Crippen LogP contribution in [0.4, 0.5) is 0 Å². The van der Waals surface area contributed by atoms with Crippen LogP contribution in [0.2, 0.25) is 0 Å². The first-order valence-corrected chi connectivity index (χ1v) is 5.84. The van der Waals surface area contributed by atoms with Gasteiger partial charge in [-0.1, -0.05) is 12.1 Å². The molecule has 0 radical (unpaired) electrons. The number of benzene rings is 1. The Morgan fingerprint density at radius 2 is 1.87 bits per heavy atom. The Labute approximate surface area is 94.3 Å². The molecule has 0 saturated carbocycles. The van der Waals surface area contributed by atoms with E-state index >= 15 is 0 Å². The lowest BCUT2D eigenvalue weighted by Crippen LogP contribution is -2.22. The standard InChI is InChI=1S/C12H13NOS/c1-12(2,8-13)11(14)9-4-6-10(15-3)7-5-9/h4-7H,1-3H3. The smallest absolute Gasteiger partial charge is 0.182 e. The SMILES string of the molecule is CSc1ccc(C(=O)C(C)(C)C#N)cc1. The first-order valence-electron chi connectivity index (χ1n) is 4.61. The highest BCUT2D eigenvalue weighted by molar-refractivity contribution is 7.98. The van der Waals surface area contributed by atoms with Crippen LogP contribution in [0.3, 0.4) is 0 Å². The summed E-state index contributed by atoms with van der Waals surface area (Å²) < 4.78 is 0. The predicted octanol–water partition coefficient (Wildman–Crippen LogP) is 3.14. The highest BCUT2D eigenvalue weighted by Crippen LogP contribution is 2.22. The maximum Gasteiger partial charge on any atom is 0.182 e. The minimum atomic E-state index is -0.944. The van der Waals surface area contributed by atoms with Crippen molar-refractivity contribution in [1.82, 2.24) is 0 Å². The fourth-order valence-corrected chi connectivity index (χ4v) is 1.56. The summed E-state index contributed by atoms with van der Waals surface area (Å²) in [6.45, 7) is 3.27. The lowest BCUT2D eigenvalue weighted by atomic mass is 9.86. The van der Waals surface area contributed by atoms with E-state index in [4.69, 9.17) is 5.26 Å². The number of thioether (sulfide) groups is 1. The number of hydrogen-bond donors (Lipinski definition) is 0. The van der Waals surface area contributed by atoms with E-state index in [0.717, 1.165) is 4.90 Å². The molecule has 0 saturated heterocycles. The molecular weight excluding hydrogens is 206 g/mol. The van der Waals surface area contributed by atoms with Crippen LogP contribution in [-0.4, -0.2) is 12.0 Å². The van der Waals surface area contributed by atoms with Crippen molar-refractivity contribution in [1.29, 1.82) is 5.26 Å². The molecule has 0 N–H and O–H groups in total. The van der Waals surface area contributed by atoms with E-state index in [1.54, 1.807) is 37.7 Å². The second-order valence-electron chi connectivity index (χ2n) is 3.79. The van der Waals surface area contributed by atoms with Crippen LogP contribution < -0.4 is 0 Å². The fourth-order valence-electron chi connectivity index (χ4n) is 1.15. The molecule has 0 aliphatic rings. The maximum atomic E-state index is 11.9. The molecule has 0 aliphatic carbocycles. The molecule has 0 aromatic heterocycles. The number of nitrogens with zero attached hydrogens (tertiary/aromatic N) is 1. The van der Waals surface area contributed by atoms with Crippen LogP contribution in [0.15, 0.2) is 29.2 Å². The first kappa shape index (κ1) is 11.8. The van der Waals surface area contributed by atoms with Crippen molar-refractivity contribution in [3.8, 4) is 6.07 Å². The maximum absolute atomic E-state index is 11.9. The molecule has 0 atom stereocenters. The van der Waals surface area contributed by atoms with Gasteiger partial charge < -0.3 is 0 Å². The zero-order valence-corrected chi connectivity index (χ0v) is 9.89. The van der Waals surface area contributed by atoms with Crippen LogP contribution in [-0.2, 0) is 0 Å². The third kappa shape index (κ3) is 2.60. The lowest BCUT2D eigenvalue weighted by Gasteiger charge is -2.13. The molecule has 78 valence electrons. The van der Waals surface area contributed by atoms with E-state index in [2.05, 4.69) is 0 Å². The van der Waals surface area contributed by atoms with Crippen molar-refractivity contribution in [3.63, 3.8) is 0 Å². The Kier molecular flexibility index (Phi) is 3.54. The summed E-state index contributed by atoms with van der Waals surface area (Å²) in [5.74, 6) is -0.127. The van der Waals surface area contributed by atoms with Gasteiger partial charge in [-0.15, -0.1) is 11.8 Å². The Morgan fingerprint density at radius 1 is 1.33 bits per heavy atom. The van der Waals surface area contributed by atoms with Gasteiger partial charge in [0.2, 0.25) is 0 Å². The van der Waals surface area contributed by atoms with Gasteiger partial charge in [-0.05, 0) is 32.2 Å². The van der Waals surface area contributed by atoms with Crippen LogP contribution in [0.25, 0.3) is 0 Å². The molecule has 0 bridgehead atoms. The van der Waals surface area contributed by atoms with Gasteiger partial charge in [0.25, 0.3) is 0 Å². The Balaban J connectivity index is 2.99. The number of carbonyl (C=O) groups excluding carboxylic acids is 1. The Hall–Kier alpha value is -1.27. The molecule has 1 aromatic rings. The zero-order valence-electron chi connectivity index (χ0n) is 9.07. The normalized spacial score (nSPS) is 10.8. The van der Waals surface area contributed by atoms with Crippen molar-refractivity contribution >= 4 is 17.5 Å². The molecule has 2 nitrogen and oxygen atoms in total. The molecule has 0 aliphatic heterocycles. The van der Waals surface area contributed by atoms with Gasteiger partial charge in [-0.25, -0.2) is 0 Å². The number of ketones is 1. The topological polar surface area (TPSA) is 40.9 Å². The zero-order chi connectivity index (χ0) is 11.5. The predicted molar refractivity (Wildman–Crippen MR) is 61.9 cm³/mol. The van der Waals surface area contributed by atoms with Crippen LogP contribution in [0.1, 0.15) is 24.2 Å². The monoisotopic (exact) mass is 219 g/mol. The van der Waals surface area contributed by atoms with Gasteiger partial charge in [0.05, 0.1) is 6.07 Å².